The number of likely N-dealkylation sites (N-methyl/N-ethyl adjacent to an activating group) is 1. The Hall–Kier alpha value is -2.09. The van der Waals surface area contributed by atoms with Crippen molar-refractivity contribution in [2.45, 2.75) is 6.92 Å². The number of aliphatic hydroxyl groups is 1. The van der Waals surface area contributed by atoms with Crippen molar-refractivity contribution in [1.82, 2.24) is 14.8 Å². The van der Waals surface area contributed by atoms with Gasteiger partial charge in [-0.25, -0.2) is 4.39 Å². The lowest BCUT2D eigenvalue weighted by Crippen LogP contribution is -2.33. The van der Waals surface area contributed by atoms with E-state index < -0.39 is 0 Å². The molecule has 1 aromatic heterocycles. The molecule has 2 heterocycles. The third-order valence-electron chi connectivity index (χ3n) is 5.45. The molecule has 6 nitrogen and oxygen atoms in total. The molecule has 1 fully saturated rings. The maximum Gasteiger partial charge on any atom is 0.254 e. The molecule has 1 aliphatic heterocycles. The van der Waals surface area contributed by atoms with Crippen LogP contribution in [0.3, 0.4) is 0 Å². The summed E-state index contributed by atoms with van der Waals surface area (Å²) in [5.41, 5.74) is 1.69. The number of pyridine rings is 1. The molecule has 1 amide bonds. The Morgan fingerprint density at radius 2 is 2.11 bits per heavy atom. The molecule has 2 aromatic rings. The van der Waals surface area contributed by atoms with Gasteiger partial charge in [0.15, 0.2) is 0 Å². The molecule has 0 saturated carbocycles. The van der Waals surface area contributed by atoms with Crippen LogP contribution in [-0.2, 0) is 4.74 Å². The van der Waals surface area contributed by atoms with Crippen LogP contribution in [-0.4, -0.2) is 79.3 Å². The smallest absolute Gasteiger partial charge is 0.254 e. The minimum absolute atomic E-state index is 0.0422. The fourth-order valence-electron chi connectivity index (χ4n) is 3.94. The van der Waals surface area contributed by atoms with Crippen LogP contribution in [0.2, 0.25) is 0 Å². The van der Waals surface area contributed by atoms with Crippen LogP contribution in [0.15, 0.2) is 24.3 Å². The van der Waals surface area contributed by atoms with Gasteiger partial charge < -0.3 is 19.6 Å². The number of aromatic nitrogens is 1. The average molecular weight is 389 g/mol. The molecule has 0 bridgehead atoms. The number of amides is 1. The first-order chi connectivity index (χ1) is 13.4. The lowest BCUT2D eigenvalue weighted by Gasteiger charge is -2.23. The topological polar surface area (TPSA) is 65.9 Å². The van der Waals surface area contributed by atoms with Crippen molar-refractivity contribution in [3.8, 4) is 0 Å². The lowest BCUT2D eigenvalue weighted by atomic mass is 9.96. The van der Waals surface area contributed by atoms with Gasteiger partial charge in [0.2, 0.25) is 0 Å². The molecule has 0 unspecified atom stereocenters. The van der Waals surface area contributed by atoms with E-state index in [4.69, 9.17) is 4.74 Å². The fourth-order valence-corrected chi connectivity index (χ4v) is 3.94. The lowest BCUT2D eigenvalue weighted by molar-refractivity contribution is 0.0780. The molecular formula is C21H28FN3O3. The van der Waals surface area contributed by atoms with E-state index in [2.05, 4.69) is 9.88 Å². The van der Waals surface area contributed by atoms with Crippen molar-refractivity contribution in [2.24, 2.45) is 11.8 Å². The van der Waals surface area contributed by atoms with Crippen molar-refractivity contribution in [3.63, 3.8) is 0 Å². The van der Waals surface area contributed by atoms with Crippen molar-refractivity contribution in [2.75, 3.05) is 53.6 Å². The summed E-state index contributed by atoms with van der Waals surface area (Å²) in [6.07, 6.45) is 0. The summed E-state index contributed by atoms with van der Waals surface area (Å²) in [5.74, 6) is -0.227. The number of aryl methyl sites for hydroxylation is 1. The normalized spacial score (nSPS) is 19.7. The summed E-state index contributed by atoms with van der Waals surface area (Å²) >= 11 is 0. The van der Waals surface area contributed by atoms with E-state index in [1.807, 2.05) is 7.05 Å². The van der Waals surface area contributed by atoms with Gasteiger partial charge in [-0.1, -0.05) is 0 Å². The molecule has 3 rings (SSSR count). The summed E-state index contributed by atoms with van der Waals surface area (Å²) in [6.45, 7) is 5.20. The number of hydrogen-bond acceptors (Lipinski definition) is 5. The Balaban J connectivity index is 1.80. The first kappa shape index (κ1) is 20.6. The predicted octanol–water partition coefficient (Wildman–Crippen LogP) is 1.94. The van der Waals surface area contributed by atoms with Gasteiger partial charge >= 0.3 is 0 Å². The zero-order chi connectivity index (χ0) is 20.3. The highest BCUT2D eigenvalue weighted by molar-refractivity contribution is 6.06. The number of carbonyl (C=O) groups excluding carboxylic acids is 1. The van der Waals surface area contributed by atoms with E-state index in [9.17, 15) is 14.3 Å². The van der Waals surface area contributed by atoms with Crippen LogP contribution >= 0.6 is 0 Å². The number of aliphatic hydroxyl groups excluding tert-OH is 1. The number of hydrogen-bond donors (Lipinski definition) is 1. The van der Waals surface area contributed by atoms with Crippen LogP contribution in [0.4, 0.5) is 4.39 Å². The van der Waals surface area contributed by atoms with Crippen LogP contribution in [0, 0.1) is 24.6 Å². The summed E-state index contributed by atoms with van der Waals surface area (Å²) < 4.78 is 18.7. The molecule has 28 heavy (non-hydrogen) atoms. The number of fused-ring (bicyclic) bond motifs is 1. The SMILES string of the molecule is COCCN(C)C[C@@H]1CN(C(=O)c2cc(C)nc3cc(F)ccc23)C[C@@H]1CO. The maximum atomic E-state index is 13.6. The molecule has 2 atom stereocenters. The number of benzene rings is 1. The molecule has 1 aromatic carbocycles. The number of rotatable bonds is 7. The minimum atomic E-state index is -0.371. The van der Waals surface area contributed by atoms with Gasteiger partial charge in [-0.05, 0) is 38.1 Å². The molecule has 152 valence electrons. The van der Waals surface area contributed by atoms with Crippen LogP contribution in [0.25, 0.3) is 10.9 Å². The van der Waals surface area contributed by atoms with Gasteiger partial charge in [-0.3, -0.25) is 9.78 Å². The van der Waals surface area contributed by atoms with E-state index in [1.54, 1.807) is 31.1 Å². The van der Waals surface area contributed by atoms with Gasteiger partial charge in [0, 0.05) is 63.0 Å². The van der Waals surface area contributed by atoms with Crippen LogP contribution in [0.5, 0.6) is 0 Å². The van der Waals surface area contributed by atoms with Gasteiger partial charge in [0.25, 0.3) is 5.91 Å². The highest BCUT2D eigenvalue weighted by Crippen LogP contribution is 2.28. The fraction of sp³-hybridized carbons (Fsp3) is 0.524. The summed E-state index contributed by atoms with van der Waals surface area (Å²) in [7, 11) is 3.69. The Morgan fingerprint density at radius 1 is 1.36 bits per heavy atom. The predicted molar refractivity (Wildman–Crippen MR) is 106 cm³/mol. The molecular weight excluding hydrogens is 361 g/mol. The van der Waals surface area contributed by atoms with Crippen molar-refractivity contribution >= 4 is 16.8 Å². The molecule has 1 N–H and O–H groups in total. The van der Waals surface area contributed by atoms with Crippen molar-refractivity contribution in [1.29, 1.82) is 0 Å². The zero-order valence-corrected chi connectivity index (χ0v) is 16.7. The van der Waals surface area contributed by atoms with Gasteiger partial charge in [-0.15, -0.1) is 0 Å². The third kappa shape index (κ3) is 4.48. The standard InChI is InChI=1S/C21H28FN3O3/c1-14-8-19(18-5-4-17(22)9-20(18)23-14)21(27)25-11-15(16(12-25)13-26)10-24(2)6-7-28-3/h4-5,8-9,15-16,26H,6-7,10-13H2,1-3H3/t15-,16-/m1/s1. The Bertz CT molecular complexity index is 840. The highest BCUT2D eigenvalue weighted by Gasteiger charge is 2.36. The highest BCUT2D eigenvalue weighted by atomic mass is 19.1. The molecule has 0 aliphatic carbocycles. The van der Waals surface area contributed by atoms with Crippen molar-refractivity contribution < 1.29 is 19.0 Å². The molecule has 1 saturated heterocycles. The Morgan fingerprint density at radius 3 is 2.82 bits per heavy atom. The molecule has 0 spiro atoms. The summed E-state index contributed by atoms with van der Waals surface area (Å²) in [4.78, 5) is 21.6. The van der Waals surface area contributed by atoms with Crippen molar-refractivity contribution in [3.05, 3.63) is 41.3 Å². The molecule has 7 heteroatoms. The van der Waals surface area contributed by atoms with Gasteiger partial charge in [0.05, 0.1) is 17.7 Å². The average Bonchev–Trinajstić information content (AvgIpc) is 3.07. The second-order valence-corrected chi connectivity index (χ2v) is 7.64. The van der Waals surface area contributed by atoms with Gasteiger partial charge in [0.1, 0.15) is 5.82 Å². The summed E-state index contributed by atoms with van der Waals surface area (Å²) in [5, 5.41) is 10.5. The Kier molecular flexibility index (Phi) is 6.59. The zero-order valence-electron chi connectivity index (χ0n) is 16.7. The second kappa shape index (κ2) is 8.94. The Labute approximate surface area is 164 Å². The third-order valence-corrected chi connectivity index (χ3v) is 5.45. The number of nitrogens with zero attached hydrogens (tertiary/aromatic N) is 3. The number of methoxy groups -OCH3 is 1. The van der Waals surface area contributed by atoms with E-state index >= 15 is 0 Å². The van der Waals surface area contributed by atoms with Gasteiger partial charge in [-0.2, -0.15) is 0 Å². The number of halogens is 1. The largest absolute Gasteiger partial charge is 0.396 e. The molecule has 0 radical (unpaired) electrons. The minimum Gasteiger partial charge on any atom is -0.396 e. The number of ether oxygens (including phenoxy) is 1. The van der Waals surface area contributed by atoms with E-state index in [-0.39, 0.29) is 30.2 Å². The van der Waals surface area contributed by atoms with E-state index in [0.717, 1.165) is 13.1 Å². The second-order valence-electron chi connectivity index (χ2n) is 7.64. The maximum absolute atomic E-state index is 13.6. The van der Waals surface area contributed by atoms with E-state index in [0.29, 0.717) is 41.9 Å². The number of likely N-dealkylation sites (tertiary alicyclic amines) is 1. The number of carbonyl (C=O) groups is 1. The first-order valence-corrected chi connectivity index (χ1v) is 9.57. The summed E-state index contributed by atoms with van der Waals surface area (Å²) in [6, 6.07) is 6.08. The van der Waals surface area contributed by atoms with Crippen LogP contribution in [0.1, 0.15) is 16.1 Å². The quantitative estimate of drug-likeness (QED) is 0.784. The van der Waals surface area contributed by atoms with E-state index in [1.165, 1.54) is 12.1 Å². The monoisotopic (exact) mass is 389 g/mol. The molecule has 1 aliphatic rings. The van der Waals surface area contributed by atoms with Crippen LogP contribution < -0.4 is 0 Å². The first-order valence-electron chi connectivity index (χ1n) is 9.57.